The zero-order valence-corrected chi connectivity index (χ0v) is 8.69. The Morgan fingerprint density at radius 3 is 2.92 bits per heavy atom. The quantitative estimate of drug-likeness (QED) is 0.776. The lowest BCUT2D eigenvalue weighted by molar-refractivity contribution is 0.285. The van der Waals surface area contributed by atoms with Crippen LogP contribution in [0.25, 0.3) is 0 Å². The van der Waals surface area contributed by atoms with Crippen molar-refractivity contribution in [1.82, 2.24) is 4.98 Å². The molecule has 0 radical (unpaired) electrons. The maximum absolute atomic E-state index is 8.87. The average molecular weight is 217 g/mol. The second-order valence-corrected chi connectivity index (χ2v) is 3.85. The molecular formula is C8H9ClN2OS. The van der Waals surface area contributed by atoms with Gasteiger partial charge in [0.15, 0.2) is 5.13 Å². The van der Waals surface area contributed by atoms with Crippen molar-refractivity contribution in [2.45, 2.75) is 6.61 Å². The van der Waals surface area contributed by atoms with Gasteiger partial charge < -0.3 is 10.0 Å². The summed E-state index contributed by atoms with van der Waals surface area (Å²) >= 11 is 7.10. The number of halogens is 1. The first-order valence-corrected chi connectivity index (χ1v) is 4.79. The van der Waals surface area contributed by atoms with Gasteiger partial charge in [-0.05, 0) is 0 Å². The van der Waals surface area contributed by atoms with Crippen LogP contribution < -0.4 is 4.90 Å². The van der Waals surface area contributed by atoms with Crippen molar-refractivity contribution in [3.05, 3.63) is 10.0 Å². The number of rotatable bonds is 3. The van der Waals surface area contributed by atoms with Crippen molar-refractivity contribution in [2.75, 3.05) is 18.5 Å². The van der Waals surface area contributed by atoms with E-state index in [1.807, 2.05) is 7.05 Å². The average Bonchev–Trinajstić information content (AvgIpc) is 2.47. The number of thiazole rings is 1. The highest BCUT2D eigenvalue weighted by Crippen LogP contribution is 2.28. The standard InChI is InChI=1S/C8H9ClN2OS/c1-3-4-11(2)8-10-7(9)6(5-12)13-8/h1,12H,4-5H2,2H3. The first kappa shape index (κ1) is 10.3. The van der Waals surface area contributed by atoms with E-state index in [0.29, 0.717) is 16.6 Å². The molecule has 0 aliphatic heterocycles. The molecule has 1 aromatic heterocycles. The molecule has 70 valence electrons. The van der Waals surface area contributed by atoms with Gasteiger partial charge in [0.2, 0.25) is 0 Å². The van der Waals surface area contributed by atoms with Gasteiger partial charge in [0.1, 0.15) is 5.15 Å². The lowest BCUT2D eigenvalue weighted by atomic mass is 10.6. The summed E-state index contributed by atoms with van der Waals surface area (Å²) in [5.41, 5.74) is 0. The fourth-order valence-electron chi connectivity index (χ4n) is 0.787. The molecular weight excluding hydrogens is 208 g/mol. The molecule has 13 heavy (non-hydrogen) atoms. The summed E-state index contributed by atoms with van der Waals surface area (Å²) in [6, 6.07) is 0. The summed E-state index contributed by atoms with van der Waals surface area (Å²) in [5.74, 6) is 2.50. The Labute approximate surface area is 86.0 Å². The van der Waals surface area contributed by atoms with Crippen LogP contribution in [0.1, 0.15) is 4.88 Å². The molecule has 0 spiro atoms. The van der Waals surface area contributed by atoms with Crippen LogP contribution in [-0.2, 0) is 6.61 Å². The van der Waals surface area contributed by atoms with E-state index in [0.717, 1.165) is 5.13 Å². The summed E-state index contributed by atoms with van der Waals surface area (Å²) in [7, 11) is 1.83. The second-order valence-electron chi connectivity index (χ2n) is 2.43. The predicted molar refractivity (Wildman–Crippen MR) is 55.1 cm³/mol. The van der Waals surface area contributed by atoms with Gasteiger partial charge >= 0.3 is 0 Å². The number of aromatic nitrogens is 1. The minimum Gasteiger partial charge on any atom is -0.391 e. The molecule has 0 aromatic carbocycles. The van der Waals surface area contributed by atoms with Crippen LogP contribution in [-0.4, -0.2) is 23.7 Å². The molecule has 0 amide bonds. The third-order valence-electron chi connectivity index (χ3n) is 1.44. The van der Waals surface area contributed by atoms with Crippen molar-refractivity contribution in [3.8, 4) is 12.3 Å². The predicted octanol–water partition coefficient (Wildman–Crippen LogP) is 1.36. The largest absolute Gasteiger partial charge is 0.391 e. The summed E-state index contributed by atoms with van der Waals surface area (Å²) in [5, 5.41) is 9.95. The van der Waals surface area contributed by atoms with E-state index in [1.54, 1.807) is 4.90 Å². The number of aliphatic hydroxyl groups excluding tert-OH is 1. The fraction of sp³-hybridized carbons (Fsp3) is 0.375. The minimum atomic E-state index is -0.0829. The third-order valence-corrected chi connectivity index (χ3v) is 3.02. The molecule has 0 aliphatic carbocycles. The molecule has 5 heteroatoms. The summed E-state index contributed by atoms with van der Waals surface area (Å²) in [6.07, 6.45) is 5.15. The molecule has 0 fully saturated rings. The molecule has 1 heterocycles. The fourth-order valence-corrected chi connectivity index (χ4v) is 1.86. The summed E-state index contributed by atoms with van der Waals surface area (Å²) < 4.78 is 0. The number of terminal acetylenes is 1. The van der Waals surface area contributed by atoms with Crippen LogP contribution >= 0.6 is 22.9 Å². The smallest absolute Gasteiger partial charge is 0.187 e. The second kappa shape index (κ2) is 4.47. The Bertz CT molecular complexity index is 331. The van der Waals surface area contributed by atoms with E-state index in [2.05, 4.69) is 10.9 Å². The lowest BCUT2D eigenvalue weighted by Crippen LogP contribution is -2.16. The maximum atomic E-state index is 8.87. The summed E-state index contributed by atoms with van der Waals surface area (Å²) in [6.45, 7) is 0.398. The van der Waals surface area contributed by atoms with Gasteiger partial charge in [0.25, 0.3) is 0 Å². The van der Waals surface area contributed by atoms with E-state index in [4.69, 9.17) is 23.1 Å². The molecule has 1 rings (SSSR count). The number of hydrogen-bond acceptors (Lipinski definition) is 4. The summed E-state index contributed by atoms with van der Waals surface area (Å²) in [4.78, 5) is 6.52. The van der Waals surface area contributed by atoms with Crippen LogP contribution in [0, 0.1) is 12.3 Å². The van der Waals surface area contributed by atoms with Crippen LogP contribution in [0.4, 0.5) is 5.13 Å². The number of nitrogens with zero attached hydrogens (tertiary/aromatic N) is 2. The Kier molecular flexibility index (Phi) is 3.55. The molecule has 1 N–H and O–H groups in total. The van der Waals surface area contributed by atoms with Gasteiger partial charge in [-0.25, -0.2) is 4.98 Å². The van der Waals surface area contributed by atoms with Crippen molar-refractivity contribution >= 4 is 28.1 Å². The number of aliphatic hydroxyl groups is 1. The van der Waals surface area contributed by atoms with E-state index in [-0.39, 0.29) is 6.61 Å². The highest BCUT2D eigenvalue weighted by atomic mass is 35.5. The van der Waals surface area contributed by atoms with E-state index < -0.39 is 0 Å². The third kappa shape index (κ3) is 2.34. The molecule has 0 bridgehead atoms. The Hall–Kier alpha value is -0.760. The van der Waals surface area contributed by atoms with Crippen molar-refractivity contribution in [3.63, 3.8) is 0 Å². The van der Waals surface area contributed by atoms with Gasteiger partial charge in [-0.1, -0.05) is 28.9 Å². The molecule has 0 aliphatic rings. The zero-order valence-electron chi connectivity index (χ0n) is 7.12. The molecule has 0 saturated carbocycles. The first-order chi connectivity index (χ1) is 6.19. The molecule has 0 saturated heterocycles. The Morgan fingerprint density at radius 2 is 2.46 bits per heavy atom. The van der Waals surface area contributed by atoms with Gasteiger partial charge in [-0.2, -0.15) is 0 Å². The van der Waals surface area contributed by atoms with Crippen LogP contribution in [0.15, 0.2) is 0 Å². The van der Waals surface area contributed by atoms with E-state index in [1.165, 1.54) is 11.3 Å². The van der Waals surface area contributed by atoms with Gasteiger partial charge in [0, 0.05) is 7.05 Å². The monoisotopic (exact) mass is 216 g/mol. The van der Waals surface area contributed by atoms with Crippen molar-refractivity contribution < 1.29 is 5.11 Å². The highest BCUT2D eigenvalue weighted by Gasteiger charge is 2.10. The normalized spacial score (nSPS) is 9.69. The van der Waals surface area contributed by atoms with E-state index >= 15 is 0 Å². The minimum absolute atomic E-state index is 0.0829. The molecule has 0 unspecified atom stereocenters. The number of hydrogen-bond donors (Lipinski definition) is 1. The van der Waals surface area contributed by atoms with Crippen LogP contribution in [0.2, 0.25) is 5.15 Å². The van der Waals surface area contributed by atoms with Crippen molar-refractivity contribution in [2.24, 2.45) is 0 Å². The molecule has 1 aromatic rings. The van der Waals surface area contributed by atoms with Gasteiger partial charge in [-0.15, -0.1) is 6.42 Å². The van der Waals surface area contributed by atoms with Gasteiger partial charge in [0.05, 0.1) is 18.0 Å². The van der Waals surface area contributed by atoms with E-state index in [9.17, 15) is 0 Å². The SMILES string of the molecule is C#CCN(C)c1nc(Cl)c(CO)s1. The van der Waals surface area contributed by atoms with Crippen LogP contribution in [0.3, 0.4) is 0 Å². The molecule has 0 atom stereocenters. The maximum Gasteiger partial charge on any atom is 0.187 e. The van der Waals surface area contributed by atoms with Crippen molar-refractivity contribution in [1.29, 1.82) is 0 Å². The Morgan fingerprint density at radius 1 is 1.77 bits per heavy atom. The van der Waals surface area contributed by atoms with Gasteiger partial charge in [-0.3, -0.25) is 0 Å². The number of anilines is 1. The first-order valence-electron chi connectivity index (χ1n) is 3.59. The molecule has 3 nitrogen and oxygen atoms in total. The lowest BCUT2D eigenvalue weighted by Gasteiger charge is -2.10. The zero-order chi connectivity index (χ0) is 9.84. The Balaban J connectivity index is 2.85. The van der Waals surface area contributed by atoms with Crippen LogP contribution in [0.5, 0.6) is 0 Å². The topological polar surface area (TPSA) is 36.4 Å². The highest BCUT2D eigenvalue weighted by molar-refractivity contribution is 7.16.